The monoisotopic (exact) mass is 318 g/mol. The molecule has 22 heavy (non-hydrogen) atoms. The number of carbonyl (C=O) groups is 2. The lowest BCUT2D eigenvalue weighted by atomic mass is 10.2. The first-order valence-corrected chi connectivity index (χ1v) is 6.35. The Kier molecular flexibility index (Phi) is 4.74. The summed E-state index contributed by atoms with van der Waals surface area (Å²) in [6, 6.07) is 6.37. The van der Waals surface area contributed by atoms with E-state index in [0.717, 1.165) is 0 Å². The molecule has 0 atom stereocenters. The number of hydrogen-bond acceptors (Lipinski definition) is 4. The summed E-state index contributed by atoms with van der Waals surface area (Å²) in [5, 5.41) is 2.20. The first kappa shape index (κ1) is 15.9. The number of nitrogens with one attached hydrogen (secondary N) is 1. The number of hydrogen-bond donors (Lipinski definition) is 1. The summed E-state index contributed by atoms with van der Waals surface area (Å²) in [7, 11) is 0. The van der Waals surface area contributed by atoms with Gasteiger partial charge in [-0.15, -0.1) is 0 Å². The van der Waals surface area contributed by atoms with Crippen molar-refractivity contribution in [3.05, 3.63) is 29.8 Å². The molecule has 0 bridgehead atoms. The molecule has 2 amide bonds. The second-order valence-corrected chi connectivity index (χ2v) is 4.55. The highest BCUT2D eigenvalue weighted by atomic mass is 19.4. The van der Waals surface area contributed by atoms with Crippen LogP contribution >= 0.6 is 0 Å². The van der Waals surface area contributed by atoms with Gasteiger partial charge in [0, 0.05) is 12.2 Å². The van der Waals surface area contributed by atoms with Gasteiger partial charge in [-0.2, -0.15) is 13.2 Å². The first-order chi connectivity index (χ1) is 10.3. The number of benzene rings is 1. The topological polar surface area (TPSA) is 67.9 Å². The largest absolute Gasteiger partial charge is 0.448 e. The van der Waals surface area contributed by atoms with Gasteiger partial charge in [-0.3, -0.25) is 5.32 Å². The summed E-state index contributed by atoms with van der Waals surface area (Å²) < 4.78 is 44.6. The van der Waals surface area contributed by atoms with Crippen LogP contribution in [0.15, 0.2) is 24.3 Å². The molecule has 0 saturated carbocycles. The normalized spacial score (nSPS) is 14.7. The molecule has 120 valence electrons. The summed E-state index contributed by atoms with van der Waals surface area (Å²) in [6.07, 6.45) is -6.20. The highest BCUT2D eigenvalue weighted by molar-refractivity contribution is 5.84. The maximum Gasteiger partial charge on any atom is 0.422 e. The maximum atomic E-state index is 11.9. The lowest BCUT2D eigenvalue weighted by Crippen LogP contribution is -2.24. The molecule has 1 N–H and O–H groups in total. The van der Waals surface area contributed by atoms with Crippen LogP contribution in [0.25, 0.3) is 0 Å². The van der Waals surface area contributed by atoms with Crippen molar-refractivity contribution in [3.63, 3.8) is 0 Å². The van der Waals surface area contributed by atoms with Crippen LogP contribution in [0.4, 0.5) is 28.4 Å². The van der Waals surface area contributed by atoms with Crippen LogP contribution in [0, 0.1) is 0 Å². The number of halogens is 3. The van der Waals surface area contributed by atoms with Gasteiger partial charge in [0.1, 0.15) is 6.61 Å². The van der Waals surface area contributed by atoms with E-state index >= 15 is 0 Å². The van der Waals surface area contributed by atoms with Gasteiger partial charge >= 0.3 is 18.4 Å². The number of carbonyl (C=O) groups excluding carboxylic acids is 2. The molecular weight excluding hydrogens is 305 g/mol. The molecule has 0 unspecified atom stereocenters. The predicted octanol–water partition coefficient (Wildman–Crippen LogP) is 2.75. The molecule has 0 spiro atoms. The Hall–Kier alpha value is -2.45. The Labute approximate surface area is 123 Å². The van der Waals surface area contributed by atoms with Gasteiger partial charge < -0.3 is 14.4 Å². The van der Waals surface area contributed by atoms with Gasteiger partial charge in [0.05, 0.1) is 6.54 Å². The Balaban J connectivity index is 1.91. The van der Waals surface area contributed by atoms with Crippen LogP contribution in [0.3, 0.4) is 0 Å². The summed E-state index contributed by atoms with van der Waals surface area (Å²) in [5.41, 5.74) is 0.977. The third-order valence-corrected chi connectivity index (χ3v) is 2.76. The van der Waals surface area contributed by atoms with Gasteiger partial charge in [0.2, 0.25) is 0 Å². The van der Waals surface area contributed by atoms with Gasteiger partial charge in [-0.25, -0.2) is 9.59 Å². The molecule has 9 heteroatoms. The fourth-order valence-corrected chi connectivity index (χ4v) is 1.84. The molecule has 1 fully saturated rings. The lowest BCUT2D eigenvalue weighted by molar-refractivity contribution is -0.159. The predicted molar refractivity (Wildman–Crippen MR) is 69.2 cm³/mol. The van der Waals surface area contributed by atoms with Crippen molar-refractivity contribution in [3.8, 4) is 0 Å². The SMILES string of the molecule is O=C(Nc1cccc(CN2CCOC2=O)c1)OCC(F)(F)F. The summed E-state index contributed by atoms with van der Waals surface area (Å²) in [5.74, 6) is 0. The average Bonchev–Trinajstić information content (AvgIpc) is 2.82. The summed E-state index contributed by atoms with van der Waals surface area (Å²) >= 11 is 0. The summed E-state index contributed by atoms with van der Waals surface area (Å²) in [6.45, 7) is -0.589. The molecule has 1 saturated heterocycles. The van der Waals surface area contributed by atoms with E-state index < -0.39 is 25.0 Å². The Morgan fingerprint density at radius 2 is 2.18 bits per heavy atom. The Morgan fingerprint density at radius 1 is 1.41 bits per heavy atom. The van der Waals surface area contributed by atoms with Crippen LogP contribution in [0.1, 0.15) is 5.56 Å². The number of amides is 2. The number of ether oxygens (including phenoxy) is 2. The quantitative estimate of drug-likeness (QED) is 0.927. The van der Waals surface area contributed by atoms with Crippen molar-refractivity contribution >= 4 is 17.9 Å². The molecule has 1 heterocycles. The van der Waals surface area contributed by atoms with E-state index in [-0.39, 0.29) is 12.2 Å². The minimum Gasteiger partial charge on any atom is -0.448 e. The smallest absolute Gasteiger partial charge is 0.422 e. The van der Waals surface area contributed by atoms with Crippen molar-refractivity contribution in [2.24, 2.45) is 0 Å². The standard InChI is InChI=1S/C13H13F3N2O4/c14-13(15,16)8-22-11(19)17-10-3-1-2-9(6-10)7-18-4-5-21-12(18)20/h1-3,6H,4-5,7-8H2,(H,17,19). The van der Waals surface area contributed by atoms with E-state index in [2.05, 4.69) is 10.1 Å². The van der Waals surface area contributed by atoms with E-state index in [1.807, 2.05) is 0 Å². The molecule has 6 nitrogen and oxygen atoms in total. The van der Waals surface area contributed by atoms with E-state index in [9.17, 15) is 22.8 Å². The average molecular weight is 318 g/mol. The minimum absolute atomic E-state index is 0.275. The highest BCUT2D eigenvalue weighted by Gasteiger charge is 2.29. The highest BCUT2D eigenvalue weighted by Crippen LogP contribution is 2.17. The number of cyclic esters (lactones) is 1. The van der Waals surface area contributed by atoms with Crippen LogP contribution in [0.5, 0.6) is 0 Å². The van der Waals surface area contributed by atoms with Crippen molar-refractivity contribution in [2.45, 2.75) is 12.7 Å². The number of alkyl halides is 3. The van der Waals surface area contributed by atoms with Crippen molar-refractivity contribution < 1.29 is 32.2 Å². The van der Waals surface area contributed by atoms with E-state index in [4.69, 9.17) is 4.74 Å². The fourth-order valence-electron chi connectivity index (χ4n) is 1.84. The molecule has 0 radical (unpaired) electrons. The fraction of sp³-hybridized carbons (Fsp3) is 0.385. The maximum absolute atomic E-state index is 11.9. The lowest BCUT2D eigenvalue weighted by Gasteiger charge is -2.14. The Morgan fingerprint density at radius 3 is 2.82 bits per heavy atom. The van der Waals surface area contributed by atoms with E-state index in [1.165, 1.54) is 11.0 Å². The zero-order valence-electron chi connectivity index (χ0n) is 11.4. The molecule has 1 aromatic rings. The molecule has 2 rings (SSSR count). The molecule has 1 aliphatic heterocycles. The number of rotatable bonds is 4. The first-order valence-electron chi connectivity index (χ1n) is 6.35. The number of anilines is 1. The van der Waals surface area contributed by atoms with Crippen molar-refractivity contribution in [1.29, 1.82) is 0 Å². The van der Waals surface area contributed by atoms with Crippen LogP contribution in [-0.2, 0) is 16.0 Å². The second-order valence-electron chi connectivity index (χ2n) is 4.55. The Bertz CT molecular complexity index is 562. The van der Waals surface area contributed by atoms with E-state index in [1.54, 1.807) is 18.2 Å². The van der Waals surface area contributed by atoms with Gasteiger partial charge in [0.15, 0.2) is 6.61 Å². The molecule has 1 aliphatic rings. The minimum atomic E-state index is -4.57. The third-order valence-electron chi connectivity index (χ3n) is 2.76. The number of nitrogens with zero attached hydrogens (tertiary/aromatic N) is 1. The van der Waals surface area contributed by atoms with Gasteiger partial charge in [0.25, 0.3) is 0 Å². The van der Waals surface area contributed by atoms with Crippen LogP contribution in [-0.4, -0.2) is 43.0 Å². The zero-order valence-corrected chi connectivity index (χ0v) is 11.4. The summed E-state index contributed by atoms with van der Waals surface area (Å²) in [4.78, 5) is 24.1. The zero-order chi connectivity index (χ0) is 16.2. The molecule has 0 aromatic heterocycles. The third kappa shape index (κ3) is 4.83. The molecule has 1 aromatic carbocycles. The molecular formula is C13H13F3N2O4. The second kappa shape index (κ2) is 6.54. The van der Waals surface area contributed by atoms with Gasteiger partial charge in [-0.1, -0.05) is 12.1 Å². The van der Waals surface area contributed by atoms with Crippen molar-refractivity contribution in [2.75, 3.05) is 25.1 Å². The van der Waals surface area contributed by atoms with Crippen LogP contribution in [0.2, 0.25) is 0 Å². The molecule has 0 aliphatic carbocycles. The van der Waals surface area contributed by atoms with E-state index in [0.29, 0.717) is 18.7 Å². The van der Waals surface area contributed by atoms with Gasteiger partial charge in [-0.05, 0) is 17.7 Å². The van der Waals surface area contributed by atoms with Crippen molar-refractivity contribution in [1.82, 2.24) is 4.90 Å². The van der Waals surface area contributed by atoms with Crippen LogP contribution < -0.4 is 5.32 Å².